The Hall–Kier alpha value is -2.06. The van der Waals surface area contributed by atoms with E-state index in [0.717, 1.165) is 0 Å². The second-order valence-electron chi connectivity index (χ2n) is 3.73. The normalized spacial score (nSPS) is 10.6. The maximum atomic E-state index is 10.8. The summed E-state index contributed by atoms with van der Waals surface area (Å²) >= 11 is 5.74. The quantitative estimate of drug-likeness (QED) is 0.654. The number of nitro groups is 1. The zero-order valence-electron chi connectivity index (χ0n) is 9.73. The zero-order valence-corrected chi connectivity index (χ0v) is 10.5. The topological polar surface area (TPSA) is 107 Å². The molecule has 2 rings (SSSR count). The molecule has 0 aliphatic heterocycles. The Balaban J connectivity index is 2.39. The molecule has 0 spiro atoms. The van der Waals surface area contributed by atoms with Gasteiger partial charge < -0.3 is 5.11 Å². The van der Waals surface area contributed by atoms with Gasteiger partial charge in [0.25, 0.3) is 5.69 Å². The van der Waals surface area contributed by atoms with E-state index in [1.165, 1.54) is 16.8 Å². The largest absolute Gasteiger partial charge is 0.396 e. The molecule has 0 atom stereocenters. The second-order valence-corrected chi connectivity index (χ2v) is 4.13. The molecule has 0 saturated heterocycles. The molecule has 0 aliphatic rings. The molecule has 0 unspecified atom stereocenters. The van der Waals surface area contributed by atoms with Crippen molar-refractivity contribution in [2.45, 2.75) is 13.0 Å². The van der Waals surface area contributed by atoms with Gasteiger partial charge in [-0.2, -0.15) is 0 Å². The number of hydrogen-bond acceptors (Lipinski definition) is 6. The Morgan fingerprint density at radius 3 is 2.95 bits per heavy atom. The van der Waals surface area contributed by atoms with E-state index in [1.807, 2.05) is 0 Å². The van der Waals surface area contributed by atoms with Crippen LogP contribution in [0.5, 0.6) is 0 Å². The minimum absolute atomic E-state index is 0.0140. The smallest absolute Gasteiger partial charge is 0.288 e. The molecule has 0 radical (unpaired) electrons. The summed E-state index contributed by atoms with van der Waals surface area (Å²) in [5.74, 6) is 0.396. The lowest BCUT2D eigenvalue weighted by Gasteiger charge is -2.04. The van der Waals surface area contributed by atoms with Crippen LogP contribution < -0.4 is 0 Å². The Morgan fingerprint density at radius 2 is 2.26 bits per heavy atom. The third-order valence-electron chi connectivity index (χ3n) is 2.46. The van der Waals surface area contributed by atoms with Crippen molar-refractivity contribution in [3.63, 3.8) is 0 Å². The highest BCUT2D eigenvalue weighted by Crippen LogP contribution is 2.29. The molecule has 2 aromatic rings. The number of aliphatic hydroxyl groups excluding tert-OH is 1. The van der Waals surface area contributed by atoms with Gasteiger partial charge in [-0.3, -0.25) is 10.1 Å². The molecule has 100 valence electrons. The Labute approximate surface area is 112 Å². The minimum atomic E-state index is -0.562. The fraction of sp³-hybridized carbons (Fsp3) is 0.300. The van der Waals surface area contributed by atoms with Crippen molar-refractivity contribution in [1.29, 1.82) is 0 Å². The molecule has 0 fully saturated rings. The number of rotatable bonds is 5. The number of nitro benzene ring substituents is 1. The van der Waals surface area contributed by atoms with Gasteiger partial charge in [0.05, 0.1) is 4.92 Å². The summed E-state index contributed by atoms with van der Waals surface area (Å²) in [5.41, 5.74) is 0.301. The number of tetrazole rings is 1. The molecule has 1 heterocycles. The fourth-order valence-corrected chi connectivity index (χ4v) is 1.76. The van der Waals surface area contributed by atoms with Crippen molar-refractivity contribution in [3.8, 4) is 11.4 Å². The highest BCUT2D eigenvalue weighted by molar-refractivity contribution is 6.32. The summed E-state index contributed by atoms with van der Waals surface area (Å²) in [6, 6.07) is 4.36. The van der Waals surface area contributed by atoms with Gasteiger partial charge in [-0.25, -0.2) is 4.68 Å². The number of aliphatic hydroxyl groups is 1. The Morgan fingerprint density at radius 1 is 1.47 bits per heavy atom. The lowest BCUT2D eigenvalue weighted by Crippen LogP contribution is -2.04. The molecule has 0 aliphatic carbocycles. The van der Waals surface area contributed by atoms with Crippen LogP contribution in [-0.4, -0.2) is 36.8 Å². The number of halogens is 1. The predicted octanol–water partition coefficient (Wildman–Crippen LogP) is 1.28. The van der Waals surface area contributed by atoms with Crippen molar-refractivity contribution in [2.75, 3.05) is 6.61 Å². The van der Waals surface area contributed by atoms with E-state index in [1.54, 1.807) is 6.07 Å². The molecule has 1 N–H and O–H groups in total. The summed E-state index contributed by atoms with van der Waals surface area (Å²) in [7, 11) is 0. The van der Waals surface area contributed by atoms with Crippen molar-refractivity contribution in [1.82, 2.24) is 20.2 Å². The second kappa shape index (κ2) is 5.72. The number of nitrogens with zero attached hydrogens (tertiary/aromatic N) is 5. The van der Waals surface area contributed by atoms with E-state index in [0.29, 0.717) is 24.4 Å². The van der Waals surface area contributed by atoms with Gasteiger partial charge in [0.1, 0.15) is 5.02 Å². The van der Waals surface area contributed by atoms with Gasteiger partial charge in [0.15, 0.2) is 5.82 Å². The Bertz CT molecular complexity index is 601. The number of aryl methyl sites for hydroxylation is 1. The first-order valence-electron chi connectivity index (χ1n) is 5.45. The first-order valence-corrected chi connectivity index (χ1v) is 5.82. The van der Waals surface area contributed by atoms with Crippen LogP contribution in [0.4, 0.5) is 5.69 Å². The van der Waals surface area contributed by atoms with Crippen LogP contribution in [-0.2, 0) is 6.54 Å². The predicted molar refractivity (Wildman–Crippen MR) is 66.6 cm³/mol. The first kappa shape index (κ1) is 13.4. The number of aromatic nitrogens is 4. The molecule has 1 aromatic carbocycles. The van der Waals surface area contributed by atoms with E-state index in [-0.39, 0.29) is 17.3 Å². The maximum Gasteiger partial charge on any atom is 0.288 e. The lowest BCUT2D eigenvalue weighted by atomic mass is 10.2. The average molecular weight is 284 g/mol. The van der Waals surface area contributed by atoms with E-state index >= 15 is 0 Å². The van der Waals surface area contributed by atoms with Crippen LogP contribution in [0.15, 0.2) is 18.2 Å². The van der Waals surface area contributed by atoms with E-state index < -0.39 is 4.92 Å². The van der Waals surface area contributed by atoms with Crippen molar-refractivity contribution in [2.24, 2.45) is 0 Å². The standard InChI is InChI=1S/C10H10ClN5O3/c11-8-3-2-7(6-9(8)16(18)19)10-12-13-14-15(10)4-1-5-17/h2-3,6,17H,1,4-5H2. The van der Waals surface area contributed by atoms with Crippen molar-refractivity contribution < 1.29 is 10.0 Å². The van der Waals surface area contributed by atoms with E-state index in [2.05, 4.69) is 15.5 Å². The first-order chi connectivity index (χ1) is 9.13. The van der Waals surface area contributed by atoms with Crippen LogP contribution in [0, 0.1) is 10.1 Å². The molecule has 1 aromatic heterocycles. The molecule has 0 saturated carbocycles. The van der Waals surface area contributed by atoms with Crippen molar-refractivity contribution >= 4 is 17.3 Å². The third kappa shape index (κ3) is 2.85. The highest BCUT2D eigenvalue weighted by atomic mass is 35.5. The molecular weight excluding hydrogens is 274 g/mol. The van der Waals surface area contributed by atoms with Gasteiger partial charge in [0, 0.05) is 24.8 Å². The summed E-state index contributed by atoms with van der Waals surface area (Å²) in [4.78, 5) is 10.3. The summed E-state index contributed by atoms with van der Waals surface area (Å²) in [5, 5.41) is 30.8. The van der Waals surface area contributed by atoms with Gasteiger partial charge in [0.2, 0.25) is 0 Å². The van der Waals surface area contributed by atoms with Crippen LogP contribution in [0.3, 0.4) is 0 Å². The average Bonchev–Trinajstić information content (AvgIpc) is 2.85. The highest BCUT2D eigenvalue weighted by Gasteiger charge is 2.16. The van der Waals surface area contributed by atoms with Gasteiger partial charge in [-0.05, 0) is 29.0 Å². The summed E-state index contributed by atoms with van der Waals surface area (Å²) in [6.07, 6.45) is 0.494. The van der Waals surface area contributed by atoms with Gasteiger partial charge in [-0.15, -0.1) is 5.10 Å². The van der Waals surface area contributed by atoms with Crippen LogP contribution in [0.1, 0.15) is 6.42 Å². The fourth-order valence-electron chi connectivity index (χ4n) is 1.57. The SMILES string of the molecule is O=[N+]([O-])c1cc(-c2nnnn2CCCO)ccc1Cl. The maximum absolute atomic E-state index is 10.8. The van der Waals surface area contributed by atoms with Crippen LogP contribution in [0.25, 0.3) is 11.4 Å². The van der Waals surface area contributed by atoms with Gasteiger partial charge in [-0.1, -0.05) is 11.6 Å². The third-order valence-corrected chi connectivity index (χ3v) is 2.78. The van der Waals surface area contributed by atoms with Crippen molar-refractivity contribution in [3.05, 3.63) is 33.3 Å². The molecule has 19 heavy (non-hydrogen) atoms. The lowest BCUT2D eigenvalue weighted by molar-refractivity contribution is -0.384. The monoisotopic (exact) mass is 283 g/mol. The van der Waals surface area contributed by atoms with Crippen LogP contribution in [0.2, 0.25) is 5.02 Å². The van der Waals surface area contributed by atoms with Gasteiger partial charge >= 0.3 is 0 Å². The minimum Gasteiger partial charge on any atom is -0.396 e. The summed E-state index contributed by atoms with van der Waals surface area (Å²) in [6.45, 7) is 0.440. The molecule has 0 amide bonds. The number of hydrogen-bond donors (Lipinski definition) is 1. The van der Waals surface area contributed by atoms with E-state index in [9.17, 15) is 10.1 Å². The molecule has 0 bridgehead atoms. The van der Waals surface area contributed by atoms with Crippen LogP contribution >= 0.6 is 11.6 Å². The molecule has 9 heteroatoms. The summed E-state index contributed by atoms with van der Waals surface area (Å²) < 4.78 is 1.48. The Kier molecular flexibility index (Phi) is 4.03. The molecule has 8 nitrogen and oxygen atoms in total. The zero-order chi connectivity index (χ0) is 13.8. The molecular formula is C10H10ClN5O3. The number of benzene rings is 1. The van der Waals surface area contributed by atoms with E-state index in [4.69, 9.17) is 16.7 Å².